The number of benzene rings is 2. The molecule has 2 aromatic rings. The van der Waals surface area contributed by atoms with Crippen LogP contribution in [-0.2, 0) is 22.4 Å². The lowest BCUT2D eigenvalue weighted by atomic mass is 10.0. The Morgan fingerprint density at radius 2 is 2.08 bits per heavy atom. The monoisotopic (exact) mass is 341 g/mol. The third kappa shape index (κ3) is 4.73. The number of nitrogens with one attached hydrogen (secondary N) is 1. The molecule has 25 heavy (non-hydrogen) atoms. The van der Waals surface area contributed by atoms with Gasteiger partial charge in [0.25, 0.3) is 0 Å². The van der Waals surface area contributed by atoms with Crippen molar-refractivity contribution in [3.63, 3.8) is 0 Å². The van der Waals surface area contributed by atoms with Crippen molar-refractivity contribution < 1.29 is 24.2 Å². The molecular formula is C19H19NO5. The van der Waals surface area contributed by atoms with Gasteiger partial charge in [-0.1, -0.05) is 18.2 Å². The maximum absolute atomic E-state index is 12.3. The van der Waals surface area contributed by atoms with Crippen molar-refractivity contribution in [1.29, 1.82) is 0 Å². The lowest BCUT2D eigenvalue weighted by Gasteiger charge is -2.17. The molecule has 2 N–H and O–H groups in total. The van der Waals surface area contributed by atoms with Gasteiger partial charge in [-0.25, -0.2) is 4.79 Å². The van der Waals surface area contributed by atoms with Crippen LogP contribution in [0, 0.1) is 0 Å². The molecule has 1 aliphatic rings. The summed E-state index contributed by atoms with van der Waals surface area (Å²) in [5, 5.41) is 11.4. The van der Waals surface area contributed by atoms with Crippen LogP contribution in [0.5, 0.6) is 11.5 Å². The Morgan fingerprint density at radius 3 is 2.92 bits per heavy atom. The van der Waals surface area contributed by atoms with Gasteiger partial charge in [0.1, 0.15) is 11.5 Å². The molecule has 6 nitrogen and oxygen atoms in total. The normalized spacial score (nSPS) is 12.6. The highest BCUT2D eigenvalue weighted by Crippen LogP contribution is 2.26. The van der Waals surface area contributed by atoms with E-state index in [1.165, 1.54) is 0 Å². The minimum absolute atomic E-state index is 0.146. The number of carbonyl (C=O) groups excluding carboxylic acids is 1. The second kappa shape index (κ2) is 7.70. The first-order valence-corrected chi connectivity index (χ1v) is 8.09. The van der Waals surface area contributed by atoms with Crippen LogP contribution in [0.2, 0.25) is 0 Å². The molecule has 0 saturated heterocycles. The molecule has 130 valence electrons. The number of hydrogen-bond acceptors (Lipinski definition) is 4. The summed E-state index contributed by atoms with van der Waals surface area (Å²) in [5.41, 5.74) is 2.63. The molecule has 0 bridgehead atoms. The topological polar surface area (TPSA) is 84.9 Å². The Morgan fingerprint density at radius 1 is 1.20 bits per heavy atom. The Balaban J connectivity index is 1.61. The van der Waals surface area contributed by atoms with E-state index in [9.17, 15) is 9.59 Å². The Labute approximate surface area is 145 Å². The maximum atomic E-state index is 12.3. The van der Waals surface area contributed by atoms with Gasteiger partial charge in [-0.15, -0.1) is 0 Å². The first kappa shape index (κ1) is 16.8. The number of fused-ring (bicyclic) bond motifs is 1. The van der Waals surface area contributed by atoms with Gasteiger partial charge < -0.3 is 19.9 Å². The van der Waals surface area contributed by atoms with E-state index in [1.54, 1.807) is 24.3 Å². The minimum atomic E-state index is -1.05. The van der Waals surface area contributed by atoms with E-state index < -0.39 is 12.6 Å². The standard InChI is InChI=1S/C19H19NO5/c21-18(10-13-6-7-17-14(9-13)3-2-8-24-17)20-15-4-1-5-16(11-15)25-12-19(22)23/h1,4-7,9,11H,2-3,8,10,12H2,(H,20,21)(H,22,23). The van der Waals surface area contributed by atoms with Crippen molar-refractivity contribution in [2.75, 3.05) is 18.5 Å². The molecule has 1 amide bonds. The van der Waals surface area contributed by atoms with Crippen molar-refractivity contribution in [3.05, 3.63) is 53.6 Å². The van der Waals surface area contributed by atoms with Crippen LogP contribution in [-0.4, -0.2) is 30.2 Å². The fourth-order valence-corrected chi connectivity index (χ4v) is 2.72. The van der Waals surface area contributed by atoms with Crippen LogP contribution < -0.4 is 14.8 Å². The highest BCUT2D eigenvalue weighted by atomic mass is 16.5. The first-order chi connectivity index (χ1) is 12.1. The van der Waals surface area contributed by atoms with E-state index in [0.717, 1.165) is 36.3 Å². The molecule has 0 fully saturated rings. The van der Waals surface area contributed by atoms with E-state index in [2.05, 4.69) is 5.32 Å². The Bertz CT molecular complexity index is 787. The van der Waals surface area contributed by atoms with Crippen LogP contribution in [0.1, 0.15) is 17.5 Å². The molecule has 1 heterocycles. The van der Waals surface area contributed by atoms with Gasteiger partial charge >= 0.3 is 5.97 Å². The minimum Gasteiger partial charge on any atom is -0.493 e. The fourth-order valence-electron chi connectivity index (χ4n) is 2.72. The third-order valence-corrected chi connectivity index (χ3v) is 3.82. The van der Waals surface area contributed by atoms with Crippen LogP contribution in [0.3, 0.4) is 0 Å². The van der Waals surface area contributed by atoms with Gasteiger partial charge in [-0.3, -0.25) is 4.79 Å². The van der Waals surface area contributed by atoms with Crippen molar-refractivity contribution >= 4 is 17.6 Å². The highest BCUT2D eigenvalue weighted by molar-refractivity contribution is 5.92. The fraction of sp³-hybridized carbons (Fsp3) is 0.263. The van der Waals surface area contributed by atoms with Gasteiger partial charge in [-0.2, -0.15) is 0 Å². The predicted octanol–water partition coefficient (Wildman–Crippen LogP) is 2.66. The number of ether oxygens (including phenoxy) is 2. The molecule has 0 aromatic heterocycles. The molecular weight excluding hydrogens is 322 g/mol. The zero-order valence-electron chi connectivity index (χ0n) is 13.7. The van der Waals surface area contributed by atoms with Crippen LogP contribution >= 0.6 is 0 Å². The number of aliphatic carboxylic acids is 1. The van der Waals surface area contributed by atoms with Gasteiger partial charge in [0, 0.05) is 11.8 Å². The number of carbonyl (C=O) groups is 2. The molecule has 1 aliphatic heterocycles. The number of amides is 1. The smallest absolute Gasteiger partial charge is 0.341 e. The maximum Gasteiger partial charge on any atom is 0.341 e. The van der Waals surface area contributed by atoms with Gasteiger partial charge in [0.2, 0.25) is 5.91 Å². The van der Waals surface area contributed by atoms with Gasteiger partial charge in [-0.05, 0) is 42.2 Å². The third-order valence-electron chi connectivity index (χ3n) is 3.82. The quantitative estimate of drug-likeness (QED) is 0.844. The summed E-state index contributed by atoms with van der Waals surface area (Å²) >= 11 is 0. The van der Waals surface area contributed by atoms with Crippen molar-refractivity contribution in [2.45, 2.75) is 19.3 Å². The number of carboxylic acid groups (broad SMARTS) is 1. The lowest BCUT2D eigenvalue weighted by molar-refractivity contribution is -0.139. The second-order valence-corrected chi connectivity index (χ2v) is 5.83. The summed E-state index contributed by atoms with van der Waals surface area (Å²) in [4.78, 5) is 22.8. The molecule has 0 radical (unpaired) electrons. The van der Waals surface area contributed by atoms with Gasteiger partial charge in [0.15, 0.2) is 6.61 Å². The van der Waals surface area contributed by atoms with Crippen LogP contribution in [0.15, 0.2) is 42.5 Å². The van der Waals surface area contributed by atoms with Gasteiger partial charge in [0.05, 0.1) is 13.0 Å². The van der Waals surface area contributed by atoms with Crippen LogP contribution in [0.25, 0.3) is 0 Å². The molecule has 6 heteroatoms. The van der Waals surface area contributed by atoms with E-state index in [4.69, 9.17) is 14.6 Å². The van der Waals surface area contributed by atoms with E-state index >= 15 is 0 Å². The van der Waals surface area contributed by atoms with E-state index in [0.29, 0.717) is 11.4 Å². The Kier molecular flexibility index (Phi) is 5.18. The molecule has 0 saturated carbocycles. The molecule has 2 aromatic carbocycles. The number of rotatable bonds is 6. The molecule has 0 unspecified atom stereocenters. The largest absolute Gasteiger partial charge is 0.493 e. The molecule has 0 aliphatic carbocycles. The van der Waals surface area contributed by atoms with Crippen LogP contribution in [0.4, 0.5) is 5.69 Å². The Hall–Kier alpha value is -3.02. The summed E-state index contributed by atoms with van der Waals surface area (Å²) in [7, 11) is 0. The van der Waals surface area contributed by atoms with E-state index in [1.807, 2.05) is 18.2 Å². The summed E-state index contributed by atoms with van der Waals surface area (Å²) < 4.78 is 10.7. The summed E-state index contributed by atoms with van der Waals surface area (Å²) in [6.45, 7) is 0.321. The molecule has 0 spiro atoms. The summed E-state index contributed by atoms with van der Waals surface area (Å²) in [6.07, 6.45) is 2.22. The predicted molar refractivity (Wildman–Crippen MR) is 92.2 cm³/mol. The number of carboxylic acids is 1. The summed E-state index contributed by atoms with van der Waals surface area (Å²) in [6, 6.07) is 12.5. The van der Waals surface area contributed by atoms with Crippen molar-refractivity contribution in [2.24, 2.45) is 0 Å². The summed E-state index contributed by atoms with van der Waals surface area (Å²) in [5.74, 6) is 0.0997. The SMILES string of the molecule is O=C(O)COc1cccc(NC(=O)Cc2ccc3c(c2)CCCO3)c1. The molecule has 3 rings (SSSR count). The van der Waals surface area contributed by atoms with Crippen molar-refractivity contribution in [3.8, 4) is 11.5 Å². The lowest BCUT2D eigenvalue weighted by Crippen LogP contribution is -2.15. The second-order valence-electron chi connectivity index (χ2n) is 5.83. The first-order valence-electron chi connectivity index (χ1n) is 8.09. The van der Waals surface area contributed by atoms with Crippen molar-refractivity contribution in [1.82, 2.24) is 0 Å². The number of aryl methyl sites for hydroxylation is 1. The zero-order chi connectivity index (χ0) is 17.6. The number of hydrogen-bond donors (Lipinski definition) is 2. The average Bonchev–Trinajstić information content (AvgIpc) is 2.60. The number of anilines is 1. The molecule has 0 atom stereocenters. The average molecular weight is 341 g/mol. The van der Waals surface area contributed by atoms with E-state index in [-0.39, 0.29) is 12.3 Å². The zero-order valence-corrected chi connectivity index (χ0v) is 13.7. The highest BCUT2D eigenvalue weighted by Gasteiger charge is 2.12.